The number of carbonyl (C=O) groups excluding carboxylic acids is 1. The summed E-state index contributed by atoms with van der Waals surface area (Å²) in [6, 6.07) is 2.65. The molecule has 1 aromatic rings. The molecule has 68 valence electrons. The van der Waals surface area contributed by atoms with E-state index in [2.05, 4.69) is 0 Å². The minimum absolute atomic E-state index is 0.356. The molecule has 0 aliphatic rings. The third-order valence-electron chi connectivity index (χ3n) is 1.43. The Morgan fingerprint density at radius 1 is 1.54 bits per heavy atom. The van der Waals surface area contributed by atoms with E-state index in [9.17, 15) is 19.3 Å². The van der Waals surface area contributed by atoms with Crippen LogP contribution in [0.3, 0.4) is 0 Å². The van der Waals surface area contributed by atoms with E-state index < -0.39 is 22.3 Å². The Morgan fingerprint density at radius 2 is 2.15 bits per heavy atom. The van der Waals surface area contributed by atoms with E-state index in [1.165, 1.54) is 0 Å². The molecule has 1 rings (SSSR count). The number of benzene rings is 1. The van der Waals surface area contributed by atoms with Gasteiger partial charge in [0.1, 0.15) is 5.82 Å². The molecule has 2 N–H and O–H groups in total. The van der Waals surface area contributed by atoms with Gasteiger partial charge in [0.2, 0.25) is 0 Å². The molecule has 0 spiro atoms. The molecule has 0 aliphatic heterocycles. The van der Waals surface area contributed by atoms with Gasteiger partial charge >= 0.3 is 0 Å². The molecule has 13 heavy (non-hydrogen) atoms. The van der Waals surface area contributed by atoms with E-state index in [0.717, 1.165) is 12.1 Å². The second-order valence-corrected chi connectivity index (χ2v) is 2.29. The highest BCUT2D eigenvalue weighted by molar-refractivity contribution is 5.93. The second kappa shape index (κ2) is 3.18. The number of halogens is 1. The summed E-state index contributed by atoms with van der Waals surface area (Å²) in [5, 5.41) is 10.2. The Hall–Kier alpha value is -1.98. The zero-order valence-corrected chi connectivity index (χ0v) is 6.36. The zero-order valence-electron chi connectivity index (χ0n) is 6.36. The summed E-state index contributed by atoms with van der Waals surface area (Å²) in [7, 11) is 0. The van der Waals surface area contributed by atoms with E-state index in [0.29, 0.717) is 6.07 Å². The van der Waals surface area contributed by atoms with Crippen molar-refractivity contribution in [3.8, 4) is 0 Å². The number of hydrogen-bond donors (Lipinski definition) is 1. The predicted molar refractivity (Wildman–Crippen MR) is 41.6 cm³/mol. The normalized spacial score (nSPS) is 9.62. The topological polar surface area (TPSA) is 86.2 Å². The van der Waals surface area contributed by atoms with Gasteiger partial charge in [0.25, 0.3) is 11.6 Å². The van der Waals surface area contributed by atoms with E-state index in [4.69, 9.17) is 5.73 Å². The van der Waals surface area contributed by atoms with Crippen LogP contribution in [-0.2, 0) is 0 Å². The van der Waals surface area contributed by atoms with Gasteiger partial charge in [0.05, 0.1) is 16.6 Å². The largest absolute Gasteiger partial charge is 0.366 e. The summed E-state index contributed by atoms with van der Waals surface area (Å²) < 4.78 is 12.9. The maximum absolute atomic E-state index is 12.9. The fourth-order valence-corrected chi connectivity index (χ4v) is 0.817. The molecule has 0 saturated carbocycles. The number of nitrogens with two attached hydrogens (primary N) is 1. The third-order valence-corrected chi connectivity index (χ3v) is 1.43. The molecule has 0 heterocycles. The first-order chi connectivity index (χ1) is 6.02. The standard InChI is InChI=1S/C7H5FN2O3/c8-6-3-4(10(12)13)1-2-5(6)7(9)11/h1-3H,(H2,9,11). The third kappa shape index (κ3) is 1.78. The summed E-state index contributed by atoms with van der Waals surface area (Å²) >= 11 is 0. The molecular formula is C7H5FN2O3. The summed E-state index contributed by atoms with van der Waals surface area (Å²) in [4.78, 5) is 19.9. The fourth-order valence-electron chi connectivity index (χ4n) is 0.817. The van der Waals surface area contributed by atoms with Crippen molar-refractivity contribution >= 4 is 11.6 Å². The van der Waals surface area contributed by atoms with Crippen LogP contribution in [0.5, 0.6) is 0 Å². The molecule has 0 aliphatic carbocycles. The first-order valence-electron chi connectivity index (χ1n) is 3.26. The molecule has 0 bridgehead atoms. The van der Waals surface area contributed by atoms with Crippen LogP contribution in [0.4, 0.5) is 10.1 Å². The maximum Gasteiger partial charge on any atom is 0.272 e. The Bertz CT molecular complexity index is 378. The predicted octanol–water partition coefficient (Wildman–Crippen LogP) is 0.833. The van der Waals surface area contributed by atoms with Gasteiger partial charge in [-0.15, -0.1) is 0 Å². The van der Waals surface area contributed by atoms with Crippen molar-refractivity contribution in [3.63, 3.8) is 0 Å². The van der Waals surface area contributed by atoms with Crippen LogP contribution in [-0.4, -0.2) is 10.8 Å². The van der Waals surface area contributed by atoms with Crippen molar-refractivity contribution in [2.45, 2.75) is 0 Å². The summed E-state index contributed by atoms with van der Waals surface area (Å²) in [6.07, 6.45) is 0. The maximum atomic E-state index is 12.9. The second-order valence-electron chi connectivity index (χ2n) is 2.29. The summed E-state index contributed by atoms with van der Waals surface area (Å²) in [5.74, 6) is -1.94. The number of hydrogen-bond acceptors (Lipinski definition) is 3. The van der Waals surface area contributed by atoms with Crippen LogP contribution in [0.15, 0.2) is 18.2 Å². The van der Waals surface area contributed by atoms with Crippen molar-refractivity contribution in [2.75, 3.05) is 0 Å². The van der Waals surface area contributed by atoms with E-state index in [1.807, 2.05) is 0 Å². The Labute approximate surface area is 72.1 Å². The summed E-state index contributed by atoms with van der Waals surface area (Å²) in [5.41, 5.74) is 4.02. The highest BCUT2D eigenvalue weighted by atomic mass is 19.1. The quantitative estimate of drug-likeness (QED) is 0.545. The molecular weight excluding hydrogens is 179 g/mol. The van der Waals surface area contributed by atoms with Crippen molar-refractivity contribution in [1.29, 1.82) is 0 Å². The minimum Gasteiger partial charge on any atom is -0.366 e. The lowest BCUT2D eigenvalue weighted by Crippen LogP contribution is -2.13. The molecule has 6 heteroatoms. The first-order valence-corrected chi connectivity index (χ1v) is 3.26. The van der Waals surface area contributed by atoms with Gasteiger partial charge in [-0.3, -0.25) is 14.9 Å². The minimum atomic E-state index is -0.985. The van der Waals surface area contributed by atoms with Crippen LogP contribution < -0.4 is 5.73 Å². The Kier molecular flexibility index (Phi) is 2.23. The van der Waals surface area contributed by atoms with Crippen LogP contribution in [0.1, 0.15) is 10.4 Å². The SMILES string of the molecule is NC(=O)c1ccc([N+](=O)[O-])cc1F. The zero-order chi connectivity index (χ0) is 10.0. The molecule has 1 amide bonds. The van der Waals surface area contributed by atoms with Crippen LogP contribution in [0, 0.1) is 15.9 Å². The van der Waals surface area contributed by atoms with Crippen molar-refractivity contribution in [1.82, 2.24) is 0 Å². The molecule has 0 atom stereocenters. The number of primary amides is 1. The highest BCUT2D eigenvalue weighted by Gasteiger charge is 2.13. The summed E-state index contributed by atoms with van der Waals surface area (Å²) in [6.45, 7) is 0. The first kappa shape index (κ1) is 9.11. The van der Waals surface area contributed by atoms with Crippen molar-refractivity contribution < 1.29 is 14.1 Å². The average Bonchev–Trinajstić information content (AvgIpc) is 2.03. The number of rotatable bonds is 2. The van der Waals surface area contributed by atoms with Gasteiger partial charge in [-0.05, 0) is 6.07 Å². The lowest BCUT2D eigenvalue weighted by molar-refractivity contribution is -0.385. The molecule has 0 unspecified atom stereocenters. The Morgan fingerprint density at radius 3 is 2.54 bits per heavy atom. The van der Waals surface area contributed by atoms with Crippen LogP contribution >= 0.6 is 0 Å². The van der Waals surface area contributed by atoms with Crippen LogP contribution in [0.2, 0.25) is 0 Å². The van der Waals surface area contributed by atoms with Gasteiger partial charge in [-0.1, -0.05) is 0 Å². The smallest absolute Gasteiger partial charge is 0.272 e. The van der Waals surface area contributed by atoms with Gasteiger partial charge in [0.15, 0.2) is 0 Å². The molecule has 0 radical (unpaired) electrons. The number of non-ortho nitro benzene ring substituents is 1. The van der Waals surface area contributed by atoms with Gasteiger partial charge in [0, 0.05) is 6.07 Å². The lowest BCUT2D eigenvalue weighted by atomic mass is 10.2. The van der Waals surface area contributed by atoms with E-state index >= 15 is 0 Å². The molecule has 0 aromatic heterocycles. The van der Waals surface area contributed by atoms with Gasteiger partial charge < -0.3 is 5.73 Å². The number of carbonyl (C=O) groups is 1. The average molecular weight is 184 g/mol. The lowest BCUT2D eigenvalue weighted by Gasteiger charge is -1.96. The highest BCUT2D eigenvalue weighted by Crippen LogP contribution is 2.15. The molecule has 0 saturated heterocycles. The van der Waals surface area contributed by atoms with Crippen molar-refractivity contribution in [3.05, 3.63) is 39.7 Å². The molecule has 0 fully saturated rings. The molecule has 1 aromatic carbocycles. The van der Waals surface area contributed by atoms with E-state index in [1.54, 1.807) is 0 Å². The Balaban J connectivity index is 3.20. The molecule has 5 nitrogen and oxygen atoms in total. The monoisotopic (exact) mass is 184 g/mol. The van der Waals surface area contributed by atoms with E-state index in [-0.39, 0.29) is 5.56 Å². The van der Waals surface area contributed by atoms with Gasteiger partial charge in [-0.25, -0.2) is 4.39 Å². The number of nitro benzene ring substituents is 1. The van der Waals surface area contributed by atoms with Crippen LogP contribution in [0.25, 0.3) is 0 Å². The number of nitro groups is 1. The fraction of sp³-hybridized carbons (Fsp3) is 0. The van der Waals surface area contributed by atoms with Gasteiger partial charge in [-0.2, -0.15) is 0 Å². The van der Waals surface area contributed by atoms with Crippen molar-refractivity contribution in [2.24, 2.45) is 5.73 Å². The number of nitrogens with zero attached hydrogens (tertiary/aromatic N) is 1. The number of amides is 1.